The maximum atomic E-state index is 12.2. The number of nitrogens with zero attached hydrogens (tertiary/aromatic N) is 1. The zero-order valence-corrected chi connectivity index (χ0v) is 17.2. The summed E-state index contributed by atoms with van der Waals surface area (Å²) in [7, 11) is 0. The van der Waals surface area contributed by atoms with Crippen molar-refractivity contribution in [2.75, 3.05) is 13.1 Å². The summed E-state index contributed by atoms with van der Waals surface area (Å²) >= 11 is 2.06. The number of hydrogen-bond donors (Lipinski definition) is 0. The fraction of sp³-hybridized carbons (Fsp3) is 0.579. The molecule has 0 N–H and O–H groups in total. The minimum absolute atomic E-state index is 0.162. The van der Waals surface area contributed by atoms with Crippen LogP contribution in [0.15, 0.2) is 30.3 Å². The highest BCUT2D eigenvalue weighted by atomic mass is 127. The van der Waals surface area contributed by atoms with Gasteiger partial charge in [-0.25, -0.2) is 4.79 Å². The van der Waals surface area contributed by atoms with Crippen LogP contribution < -0.4 is 0 Å². The predicted octanol–water partition coefficient (Wildman–Crippen LogP) is 4.18. The van der Waals surface area contributed by atoms with Gasteiger partial charge in [-0.05, 0) is 39.2 Å². The van der Waals surface area contributed by atoms with E-state index in [9.17, 15) is 9.59 Å². The Morgan fingerprint density at radius 3 is 2.40 bits per heavy atom. The molecule has 0 aromatic heterocycles. The third kappa shape index (κ3) is 5.87. The lowest BCUT2D eigenvalue weighted by Crippen LogP contribution is -2.46. The first-order chi connectivity index (χ1) is 11.8. The number of carbonyl (C=O) groups is 2. The number of amides is 1. The maximum absolute atomic E-state index is 12.2. The number of benzene rings is 1. The first-order valence-corrected chi connectivity index (χ1v) is 9.86. The topological polar surface area (TPSA) is 55.8 Å². The molecule has 1 fully saturated rings. The second kappa shape index (κ2) is 8.87. The van der Waals surface area contributed by atoms with Crippen LogP contribution in [-0.2, 0) is 20.9 Å². The Balaban J connectivity index is 1.80. The maximum Gasteiger partial charge on any atom is 0.410 e. The Morgan fingerprint density at radius 1 is 1.24 bits per heavy atom. The quantitative estimate of drug-likeness (QED) is 0.377. The summed E-state index contributed by atoms with van der Waals surface area (Å²) in [6.45, 7) is 7.27. The molecular formula is C19H26INO4. The number of carbonyl (C=O) groups excluding carboxylic acids is 2. The van der Waals surface area contributed by atoms with Crippen LogP contribution in [0.3, 0.4) is 0 Å². The van der Waals surface area contributed by atoms with Crippen LogP contribution in [0.2, 0.25) is 0 Å². The molecule has 0 bridgehead atoms. The van der Waals surface area contributed by atoms with Gasteiger partial charge in [0.05, 0.1) is 0 Å². The standard InChI is InChI=1S/C19H26INO4/c1-14(20)17(22)25-19(2,3)16-9-11-21(12-10-16)18(23)24-13-15-7-5-4-6-8-15/h4-8,14,16H,9-13H2,1-3H3. The smallest absolute Gasteiger partial charge is 0.410 e. The molecule has 1 heterocycles. The molecule has 1 aromatic rings. The third-order valence-corrected chi connectivity index (χ3v) is 5.14. The monoisotopic (exact) mass is 459 g/mol. The van der Waals surface area contributed by atoms with E-state index in [1.807, 2.05) is 51.1 Å². The van der Waals surface area contributed by atoms with Crippen molar-refractivity contribution in [3.8, 4) is 0 Å². The Hall–Kier alpha value is -1.31. The number of rotatable bonds is 5. The molecule has 0 saturated carbocycles. The fourth-order valence-electron chi connectivity index (χ4n) is 2.99. The molecule has 1 unspecified atom stereocenters. The molecule has 138 valence electrons. The molecule has 1 aliphatic heterocycles. The van der Waals surface area contributed by atoms with Gasteiger partial charge < -0.3 is 14.4 Å². The number of hydrogen-bond acceptors (Lipinski definition) is 4. The number of esters is 1. The Morgan fingerprint density at radius 2 is 1.84 bits per heavy atom. The van der Waals surface area contributed by atoms with Crippen LogP contribution in [0.1, 0.15) is 39.2 Å². The van der Waals surface area contributed by atoms with E-state index in [1.165, 1.54) is 0 Å². The minimum Gasteiger partial charge on any atom is -0.459 e. The zero-order chi connectivity index (χ0) is 18.4. The lowest BCUT2D eigenvalue weighted by atomic mass is 9.83. The number of alkyl halides is 1. The van der Waals surface area contributed by atoms with Crippen LogP contribution in [0.4, 0.5) is 4.79 Å². The van der Waals surface area contributed by atoms with E-state index >= 15 is 0 Å². The number of ether oxygens (including phenoxy) is 2. The highest BCUT2D eigenvalue weighted by Gasteiger charge is 2.37. The van der Waals surface area contributed by atoms with Crippen LogP contribution in [-0.4, -0.2) is 39.6 Å². The number of halogens is 1. The highest BCUT2D eigenvalue weighted by molar-refractivity contribution is 14.1. The lowest BCUT2D eigenvalue weighted by molar-refractivity contribution is -0.162. The number of likely N-dealkylation sites (tertiary alicyclic amines) is 1. The Labute approximate surface area is 163 Å². The molecule has 0 spiro atoms. The van der Waals surface area contributed by atoms with Crippen LogP contribution in [0.5, 0.6) is 0 Å². The fourth-order valence-corrected chi connectivity index (χ4v) is 3.12. The molecule has 1 aromatic carbocycles. The molecule has 1 amide bonds. The summed E-state index contributed by atoms with van der Waals surface area (Å²) in [5, 5.41) is 0. The second-order valence-corrected chi connectivity index (χ2v) is 8.81. The van der Waals surface area contributed by atoms with E-state index < -0.39 is 5.60 Å². The van der Waals surface area contributed by atoms with Crippen LogP contribution in [0.25, 0.3) is 0 Å². The second-order valence-electron chi connectivity index (χ2n) is 6.94. The van der Waals surface area contributed by atoms with E-state index in [-0.39, 0.29) is 28.5 Å². The Kier molecular flexibility index (Phi) is 7.10. The van der Waals surface area contributed by atoms with E-state index in [2.05, 4.69) is 22.6 Å². The van der Waals surface area contributed by atoms with Crippen molar-refractivity contribution >= 4 is 34.7 Å². The molecule has 1 atom stereocenters. The third-order valence-electron chi connectivity index (χ3n) is 4.63. The first kappa shape index (κ1) is 20.0. The van der Waals surface area contributed by atoms with Crippen LogP contribution in [0, 0.1) is 5.92 Å². The summed E-state index contributed by atoms with van der Waals surface area (Å²) in [5.74, 6) is 0.0556. The summed E-state index contributed by atoms with van der Waals surface area (Å²) < 4.78 is 10.9. The van der Waals surface area contributed by atoms with Crippen molar-refractivity contribution < 1.29 is 19.1 Å². The Bertz CT molecular complexity index is 580. The van der Waals surface area contributed by atoms with Gasteiger partial charge in [-0.15, -0.1) is 0 Å². The summed E-state index contributed by atoms with van der Waals surface area (Å²) in [5.41, 5.74) is 0.461. The van der Waals surface area contributed by atoms with Crippen molar-refractivity contribution in [1.82, 2.24) is 4.90 Å². The van der Waals surface area contributed by atoms with Gasteiger partial charge in [-0.1, -0.05) is 52.9 Å². The molecule has 25 heavy (non-hydrogen) atoms. The lowest BCUT2D eigenvalue weighted by Gasteiger charge is -2.39. The summed E-state index contributed by atoms with van der Waals surface area (Å²) in [6, 6.07) is 9.65. The number of piperidine rings is 1. The molecular weight excluding hydrogens is 433 g/mol. The predicted molar refractivity (Wildman–Crippen MR) is 105 cm³/mol. The van der Waals surface area contributed by atoms with Gasteiger partial charge in [0, 0.05) is 19.0 Å². The molecule has 1 saturated heterocycles. The summed E-state index contributed by atoms with van der Waals surface area (Å²) in [4.78, 5) is 25.8. The first-order valence-electron chi connectivity index (χ1n) is 8.62. The van der Waals surface area contributed by atoms with Gasteiger partial charge in [0.1, 0.15) is 16.1 Å². The molecule has 5 nitrogen and oxygen atoms in total. The van der Waals surface area contributed by atoms with E-state index in [1.54, 1.807) is 4.90 Å². The molecule has 6 heteroatoms. The summed E-state index contributed by atoms with van der Waals surface area (Å²) in [6.07, 6.45) is 1.32. The van der Waals surface area contributed by atoms with Gasteiger partial charge >= 0.3 is 12.1 Å². The molecule has 0 radical (unpaired) electrons. The van der Waals surface area contributed by atoms with Gasteiger partial charge in [0.25, 0.3) is 0 Å². The minimum atomic E-state index is -0.517. The van der Waals surface area contributed by atoms with Crippen molar-refractivity contribution in [3.05, 3.63) is 35.9 Å². The average Bonchev–Trinajstić information content (AvgIpc) is 2.60. The normalized spacial score (nSPS) is 17.0. The van der Waals surface area contributed by atoms with Gasteiger partial charge in [-0.3, -0.25) is 4.79 Å². The van der Waals surface area contributed by atoms with Crippen LogP contribution >= 0.6 is 22.6 Å². The average molecular weight is 459 g/mol. The highest BCUT2D eigenvalue weighted by Crippen LogP contribution is 2.32. The van der Waals surface area contributed by atoms with Crippen molar-refractivity contribution in [2.24, 2.45) is 5.92 Å². The van der Waals surface area contributed by atoms with Gasteiger partial charge in [0.15, 0.2) is 0 Å². The molecule has 1 aliphatic rings. The van der Waals surface area contributed by atoms with Gasteiger partial charge in [0.2, 0.25) is 0 Å². The molecule has 2 rings (SSSR count). The molecule has 0 aliphatic carbocycles. The van der Waals surface area contributed by atoms with Gasteiger partial charge in [-0.2, -0.15) is 0 Å². The SMILES string of the molecule is CC(I)C(=O)OC(C)(C)C1CCN(C(=O)OCc2ccccc2)CC1. The zero-order valence-electron chi connectivity index (χ0n) is 15.0. The van der Waals surface area contributed by atoms with Crippen molar-refractivity contribution in [1.29, 1.82) is 0 Å². The van der Waals surface area contributed by atoms with Crippen molar-refractivity contribution in [2.45, 2.75) is 49.7 Å². The van der Waals surface area contributed by atoms with E-state index in [0.29, 0.717) is 13.1 Å². The van der Waals surface area contributed by atoms with E-state index in [0.717, 1.165) is 18.4 Å². The largest absolute Gasteiger partial charge is 0.459 e. The van der Waals surface area contributed by atoms with Crippen molar-refractivity contribution in [3.63, 3.8) is 0 Å². The van der Waals surface area contributed by atoms with E-state index in [4.69, 9.17) is 9.47 Å².